The van der Waals surface area contributed by atoms with Crippen molar-refractivity contribution in [1.82, 2.24) is 19.5 Å². The Morgan fingerprint density at radius 3 is 2.79 bits per heavy atom. The summed E-state index contributed by atoms with van der Waals surface area (Å²) in [6.07, 6.45) is 4.33. The van der Waals surface area contributed by atoms with Crippen LogP contribution in [-0.4, -0.2) is 42.3 Å². The first kappa shape index (κ1) is 18.3. The lowest BCUT2D eigenvalue weighted by Crippen LogP contribution is -2.14. The molecule has 1 fully saturated rings. The molecule has 3 unspecified atom stereocenters. The number of hydrogen-bond donors (Lipinski definition) is 2. The average Bonchev–Trinajstić information content (AvgIpc) is 3.35. The van der Waals surface area contributed by atoms with Crippen molar-refractivity contribution >= 4 is 22.7 Å². The summed E-state index contributed by atoms with van der Waals surface area (Å²) in [6, 6.07) is 6.26. The van der Waals surface area contributed by atoms with E-state index in [1.54, 1.807) is 18.5 Å². The first-order valence-electron chi connectivity index (χ1n) is 9.01. The SMILES string of the molecule is CC(Nc1ncnc2c1ncn2C1CCC(CO)O1)c1ccc([N+](=O)[O-])cc1. The number of nitrogens with zero attached hydrogens (tertiary/aromatic N) is 5. The molecule has 2 aromatic heterocycles. The molecule has 1 aromatic carbocycles. The van der Waals surface area contributed by atoms with Gasteiger partial charge in [-0.1, -0.05) is 12.1 Å². The topological polar surface area (TPSA) is 128 Å². The zero-order valence-electron chi connectivity index (χ0n) is 15.2. The molecule has 10 nitrogen and oxygen atoms in total. The highest BCUT2D eigenvalue weighted by atomic mass is 16.6. The van der Waals surface area contributed by atoms with Crippen molar-refractivity contribution < 1.29 is 14.8 Å². The van der Waals surface area contributed by atoms with Crippen LogP contribution in [0.2, 0.25) is 0 Å². The molecule has 0 aliphatic carbocycles. The lowest BCUT2D eigenvalue weighted by atomic mass is 10.1. The molecular formula is C18H20N6O4. The second-order valence-corrected chi connectivity index (χ2v) is 6.73. The smallest absolute Gasteiger partial charge is 0.269 e. The number of non-ortho nitro benzene ring substituents is 1. The Morgan fingerprint density at radius 2 is 2.11 bits per heavy atom. The Bertz CT molecular complexity index is 989. The quantitative estimate of drug-likeness (QED) is 0.490. The highest BCUT2D eigenvalue weighted by molar-refractivity contribution is 5.82. The van der Waals surface area contributed by atoms with Crippen molar-refractivity contribution in [2.24, 2.45) is 0 Å². The number of ether oxygens (including phenoxy) is 1. The van der Waals surface area contributed by atoms with E-state index in [9.17, 15) is 15.2 Å². The highest BCUT2D eigenvalue weighted by Crippen LogP contribution is 2.31. The molecule has 0 bridgehead atoms. The monoisotopic (exact) mass is 384 g/mol. The molecule has 0 amide bonds. The van der Waals surface area contributed by atoms with E-state index in [4.69, 9.17) is 4.74 Å². The summed E-state index contributed by atoms with van der Waals surface area (Å²) >= 11 is 0. The number of rotatable bonds is 6. The van der Waals surface area contributed by atoms with Gasteiger partial charge in [0.25, 0.3) is 5.69 Å². The minimum Gasteiger partial charge on any atom is -0.394 e. The van der Waals surface area contributed by atoms with Crippen LogP contribution in [0.15, 0.2) is 36.9 Å². The van der Waals surface area contributed by atoms with Gasteiger partial charge in [-0.15, -0.1) is 0 Å². The van der Waals surface area contributed by atoms with Gasteiger partial charge in [-0.05, 0) is 25.3 Å². The first-order valence-corrected chi connectivity index (χ1v) is 9.01. The molecule has 1 aliphatic rings. The molecule has 1 saturated heterocycles. The van der Waals surface area contributed by atoms with Crippen LogP contribution in [0.25, 0.3) is 11.2 Å². The maximum Gasteiger partial charge on any atom is 0.269 e. The van der Waals surface area contributed by atoms with Gasteiger partial charge in [0.1, 0.15) is 12.6 Å². The Kier molecular flexibility index (Phi) is 4.88. The minimum absolute atomic E-state index is 0.00231. The normalized spacial score (nSPS) is 20.4. The number of aromatic nitrogens is 4. The molecular weight excluding hydrogens is 364 g/mol. The molecule has 28 heavy (non-hydrogen) atoms. The highest BCUT2D eigenvalue weighted by Gasteiger charge is 2.28. The van der Waals surface area contributed by atoms with Crippen LogP contribution in [0.4, 0.5) is 11.5 Å². The summed E-state index contributed by atoms with van der Waals surface area (Å²) in [7, 11) is 0. The number of imidazole rings is 1. The van der Waals surface area contributed by atoms with Gasteiger partial charge >= 0.3 is 0 Å². The fourth-order valence-corrected chi connectivity index (χ4v) is 3.37. The number of aliphatic hydroxyl groups excluding tert-OH is 1. The Hall–Kier alpha value is -3.11. The van der Waals surface area contributed by atoms with Crippen LogP contribution in [0.5, 0.6) is 0 Å². The third-order valence-electron chi connectivity index (χ3n) is 4.91. The third-order valence-corrected chi connectivity index (χ3v) is 4.91. The lowest BCUT2D eigenvalue weighted by molar-refractivity contribution is -0.384. The number of nitro benzene ring substituents is 1. The van der Waals surface area contributed by atoms with Crippen molar-refractivity contribution in [2.75, 3.05) is 11.9 Å². The van der Waals surface area contributed by atoms with E-state index in [0.717, 1.165) is 18.4 Å². The standard InChI is InChI=1S/C18H20N6O4/c1-11(12-2-4-13(5-3-12)24(26)27)22-17-16-18(20-9-19-17)23(10-21-16)15-7-6-14(8-25)28-15/h2-5,9-11,14-15,25H,6-8H2,1H3,(H,19,20,22). The van der Waals surface area contributed by atoms with E-state index in [0.29, 0.717) is 17.0 Å². The zero-order valence-corrected chi connectivity index (χ0v) is 15.2. The molecule has 1 aliphatic heterocycles. The van der Waals surface area contributed by atoms with Crippen LogP contribution in [0.1, 0.15) is 37.6 Å². The Morgan fingerprint density at radius 1 is 1.32 bits per heavy atom. The second-order valence-electron chi connectivity index (χ2n) is 6.73. The number of fused-ring (bicyclic) bond motifs is 1. The van der Waals surface area contributed by atoms with Crippen molar-refractivity contribution in [3.63, 3.8) is 0 Å². The first-order chi connectivity index (χ1) is 13.6. The number of nitrogens with one attached hydrogen (secondary N) is 1. The molecule has 146 valence electrons. The average molecular weight is 384 g/mol. The molecule has 3 heterocycles. The molecule has 3 atom stereocenters. The lowest BCUT2D eigenvalue weighted by Gasteiger charge is -2.16. The van der Waals surface area contributed by atoms with Crippen LogP contribution >= 0.6 is 0 Å². The fourth-order valence-electron chi connectivity index (χ4n) is 3.37. The van der Waals surface area contributed by atoms with Gasteiger partial charge in [0.05, 0.1) is 30.0 Å². The molecule has 10 heteroatoms. The van der Waals surface area contributed by atoms with Crippen molar-refractivity contribution in [3.8, 4) is 0 Å². The molecule has 0 saturated carbocycles. The molecule has 0 radical (unpaired) electrons. The van der Waals surface area contributed by atoms with E-state index < -0.39 is 4.92 Å². The fraction of sp³-hybridized carbons (Fsp3) is 0.389. The van der Waals surface area contributed by atoms with Gasteiger partial charge in [-0.25, -0.2) is 15.0 Å². The summed E-state index contributed by atoms with van der Waals surface area (Å²) in [5.74, 6) is 0.575. The Balaban J connectivity index is 1.56. The van der Waals surface area contributed by atoms with Crippen LogP contribution in [0.3, 0.4) is 0 Å². The third kappa shape index (κ3) is 3.39. The van der Waals surface area contributed by atoms with E-state index >= 15 is 0 Å². The van der Waals surface area contributed by atoms with Crippen LogP contribution in [0, 0.1) is 10.1 Å². The van der Waals surface area contributed by atoms with Gasteiger partial charge in [-0.2, -0.15) is 0 Å². The Labute approximate surface area is 160 Å². The van der Waals surface area contributed by atoms with E-state index in [2.05, 4.69) is 20.3 Å². The number of anilines is 1. The maximum atomic E-state index is 10.8. The van der Waals surface area contributed by atoms with Crippen molar-refractivity contribution in [3.05, 3.63) is 52.6 Å². The minimum atomic E-state index is -0.422. The van der Waals surface area contributed by atoms with Gasteiger partial charge < -0.3 is 15.2 Å². The predicted octanol–water partition coefficient (Wildman–Crippen LogP) is 2.58. The van der Waals surface area contributed by atoms with Crippen molar-refractivity contribution in [1.29, 1.82) is 0 Å². The summed E-state index contributed by atoms with van der Waals surface area (Å²) in [5, 5.41) is 23.4. The number of benzene rings is 1. The summed E-state index contributed by atoms with van der Waals surface area (Å²) in [6.45, 7) is 1.94. The van der Waals surface area contributed by atoms with Crippen LogP contribution in [-0.2, 0) is 4.74 Å². The zero-order chi connectivity index (χ0) is 19.7. The van der Waals surface area contributed by atoms with E-state index in [1.807, 2.05) is 11.5 Å². The summed E-state index contributed by atoms with van der Waals surface area (Å²) in [4.78, 5) is 23.5. The number of nitro groups is 1. The maximum absolute atomic E-state index is 10.8. The largest absolute Gasteiger partial charge is 0.394 e. The molecule has 2 N–H and O–H groups in total. The molecule has 4 rings (SSSR count). The van der Waals surface area contributed by atoms with Gasteiger partial charge in [-0.3, -0.25) is 14.7 Å². The van der Waals surface area contributed by atoms with Gasteiger partial charge in [0, 0.05) is 12.1 Å². The summed E-state index contributed by atoms with van der Waals surface area (Å²) < 4.78 is 7.68. The van der Waals surface area contributed by atoms with Crippen molar-refractivity contribution in [2.45, 2.75) is 38.1 Å². The summed E-state index contributed by atoms with van der Waals surface area (Å²) in [5.41, 5.74) is 2.21. The van der Waals surface area contributed by atoms with Gasteiger partial charge in [0.2, 0.25) is 0 Å². The van der Waals surface area contributed by atoms with Gasteiger partial charge in [0.15, 0.2) is 17.0 Å². The molecule has 3 aromatic rings. The second kappa shape index (κ2) is 7.49. The predicted molar refractivity (Wildman–Crippen MR) is 101 cm³/mol. The van der Waals surface area contributed by atoms with E-state index in [-0.39, 0.29) is 30.7 Å². The van der Waals surface area contributed by atoms with E-state index in [1.165, 1.54) is 18.5 Å². The van der Waals surface area contributed by atoms with Crippen LogP contribution < -0.4 is 5.32 Å². The molecule has 0 spiro atoms. The number of hydrogen-bond acceptors (Lipinski definition) is 8. The number of aliphatic hydroxyl groups is 1.